The van der Waals surface area contributed by atoms with Crippen molar-refractivity contribution in [2.24, 2.45) is 5.92 Å². The standard InChI is InChI=1S/C14H15Cl3O3/c1-9(18)19-13-14(16,17)11(7-8-15)12(20-13)10-5-3-2-4-6-10/h2-6,11-13H,7-8H2,1H3. The third-order valence-corrected chi connectivity index (χ3v) is 4.40. The summed E-state index contributed by atoms with van der Waals surface area (Å²) in [6, 6.07) is 9.56. The lowest BCUT2D eigenvalue weighted by molar-refractivity contribution is -0.174. The van der Waals surface area contributed by atoms with Gasteiger partial charge in [0.2, 0.25) is 6.29 Å². The molecule has 0 saturated carbocycles. The van der Waals surface area contributed by atoms with E-state index in [-0.39, 0.29) is 12.0 Å². The summed E-state index contributed by atoms with van der Waals surface area (Å²) in [5.74, 6) is -0.347. The maximum atomic E-state index is 11.1. The minimum atomic E-state index is -1.32. The van der Waals surface area contributed by atoms with E-state index in [0.29, 0.717) is 12.3 Å². The number of ether oxygens (including phenoxy) is 2. The van der Waals surface area contributed by atoms with Gasteiger partial charge >= 0.3 is 5.97 Å². The minimum Gasteiger partial charge on any atom is -0.433 e. The lowest BCUT2D eigenvalue weighted by atomic mass is 9.92. The smallest absolute Gasteiger partial charge is 0.305 e. The molecule has 0 aliphatic carbocycles. The number of halogens is 3. The molecule has 110 valence electrons. The van der Waals surface area contributed by atoms with Gasteiger partial charge in [0.05, 0.1) is 6.10 Å². The van der Waals surface area contributed by atoms with Crippen LogP contribution in [0.3, 0.4) is 0 Å². The number of hydrogen-bond donors (Lipinski definition) is 0. The summed E-state index contributed by atoms with van der Waals surface area (Å²) in [6.45, 7) is 1.29. The van der Waals surface area contributed by atoms with Gasteiger partial charge in [0.1, 0.15) is 0 Å². The summed E-state index contributed by atoms with van der Waals surface area (Å²) in [6.07, 6.45) is -0.789. The Morgan fingerprint density at radius 1 is 1.35 bits per heavy atom. The number of esters is 1. The van der Waals surface area contributed by atoms with Crippen LogP contribution in [0.15, 0.2) is 30.3 Å². The third-order valence-electron chi connectivity index (χ3n) is 3.27. The molecule has 0 radical (unpaired) electrons. The Morgan fingerprint density at radius 3 is 2.55 bits per heavy atom. The molecule has 0 aromatic heterocycles. The first-order valence-electron chi connectivity index (χ1n) is 6.28. The van der Waals surface area contributed by atoms with Gasteiger partial charge in [-0.15, -0.1) is 11.6 Å². The lowest BCUT2D eigenvalue weighted by Crippen LogP contribution is -2.35. The van der Waals surface area contributed by atoms with E-state index in [1.807, 2.05) is 30.3 Å². The number of benzene rings is 1. The van der Waals surface area contributed by atoms with E-state index in [1.54, 1.807) is 0 Å². The Labute approximate surface area is 133 Å². The SMILES string of the molecule is CC(=O)OC1OC(c2ccccc2)C(CCCl)C1(Cl)Cl. The third kappa shape index (κ3) is 3.22. The Bertz CT molecular complexity index is 464. The first-order valence-corrected chi connectivity index (χ1v) is 7.57. The van der Waals surface area contributed by atoms with Crippen molar-refractivity contribution >= 4 is 40.8 Å². The van der Waals surface area contributed by atoms with Crippen molar-refractivity contribution in [3.63, 3.8) is 0 Å². The fourth-order valence-corrected chi connectivity index (χ4v) is 3.24. The Kier molecular flexibility index (Phi) is 5.19. The van der Waals surface area contributed by atoms with Crippen LogP contribution in [0, 0.1) is 5.92 Å². The van der Waals surface area contributed by atoms with Crippen molar-refractivity contribution in [1.82, 2.24) is 0 Å². The summed E-state index contributed by atoms with van der Waals surface area (Å²) < 4.78 is 9.54. The van der Waals surface area contributed by atoms with Gasteiger partial charge < -0.3 is 9.47 Å². The molecule has 6 heteroatoms. The largest absolute Gasteiger partial charge is 0.433 e. The predicted octanol–water partition coefficient (Wildman–Crippen LogP) is 4.07. The molecule has 1 aliphatic rings. The van der Waals surface area contributed by atoms with Gasteiger partial charge in [0.15, 0.2) is 4.33 Å². The molecule has 0 N–H and O–H groups in total. The van der Waals surface area contributed by atoms with Gasteiger partial charge in [-0.05, 0) is 12.0 Å². The van der Waals surface area contributed by atoms with E-state index in [9.17, 15) is 4.79 Å². The van der Waals surface area contributed by atoms with Gasteiger partial charge in [-0.2, -0.15) is 0 Å². The Hall–Kier alpha value is -0.480. The van der Waals surface area contributed by atoms with Crippen LogP contribution in [-0.4, -0.2) is 22.5 Å². The summed E-state index contributed by atoms with van der Waals surface area (Å²) >= 11 is 18.6. The molecule has 20 heavy (non-hydrogen) atoms. The minimum absolute atomic E-state index is 0.255. The molecule has 3 nitrogen and oxygen atoms in total. The molecule has 0 amide bonds. The van der Waals surface area contributed by atoms with Crippen molar-refractivity contribution in [3.8, 4) is 0 Å². The Balaban J connectivity index is 2.29. The molecule has 3 atom stereocenters. The van der Waals surface area contributed by atoms with Crippen LogP contribution in [0.25, 0.3) is 0 Å². The van der Waals surface area contributed by atoms with E-state index in [0.717, 1.165) is 5.56 Å². The van der Waals surface area contributed by atoms with Crippen LogP contribution in [0.2, 0.25) is 0 Å². The fourth-order valence-electron chi connectivity index (χ4n) is 2.37. The summed E-state index contributed by atoms with van der Waals surface area (Å²) in [7, 11) is 0. The number of hydrogen-bond acceptors (Lipinski definition) is 3. The van der Waals surface area contributed by atoms with Crippen LogP contribution >= 0.6 is 34.8 Å². The zero-order valence-corrected chi connectivity index (χ0v) is 13.2. The van der Waals surface area contributed by atoms with Gasteiger partial charge in [-0.3, -0.25) is 4.79 Å². The monoisotopic (exact) mass is 336 g/mol. The maximum Gasteiger partial charge on any atom is 0.305 e. The van der Waals surface area contributed by atoms with Crippen molar-refractivity contribution in [2.45, 2.75) is 30.1 Å². The van der Waals surface area contributed by atoms with Gasteiger partial charge in [-0.25, -0.2) is 0 Å². The Morgan fingerprint density at radius 2 is 2.00 bits per heavy atom. The zero-order valence-electron chi connectivity index (χ0n) is 10.9. The van der Waals surface area contributed by atoms with Gasteiger partial charge in [0.25, 0.3) is 0 Å². The van der Waals surface area contributed by atoms with E-state index in [4.69, 9.17) is 44.3 Å². The summed E-state index contributed by atoms with van der Waals surface area (Å²) in [5.41, 5.74) is 0.933. The first-order chi connectivity index (χ1) is 9.46. The summed E-state index contributed by atoms with van der Waals surface area (Å²) in [4.78, 5) is 11.1. The van der Waals surface area contributed by atoms with Gasteiger partial charge in [-0.1, -0.05) is 53.5 Å². The fraction of sp³-hybridized carbons (Fsp3) is 0.500. The molecule has 0 bridgehead atoms. The van der Waals surface area contributed by atoms with Crippen molar-refractivity contribution in [2.75, 3.05) is 5.88 Å². The lowest BCUT2D eigenvalue weighted by Gasteiger charge is -2.25. The van der Waals surface area contributed by atoms with Crippen LogP contribution < -0.4 is 0 Å². The van der Waals surface area contributed by atoms with Crippen molar-refractivity contribution in [1.29, 1.82) is 0 Å². The second-order valence-electron chi connectivity index (χ2n) is 4.67. The molecule has 1 aliphatic heterocycles. The highest BCUT2D eigenvalue weighted by atomic mass is 35.5. The molecule has 1 aromatic carbocycles. The van der Waals surface area contributed by atoms with Crippen LogP contribution in [0.4, 0.5) is 0 Å². The maximum absolute atomic E-state index is 11.1. The number of carbonyl (C=O) groups is 1. The average molecular weight is 338 g/mol. The summed E-state index contributed by atoms with van der Waals surface area (Å²) in [5, 5.41) is 0. The molecule has 1 aromatic rings. The van der Waals surface area contributed by atoms with Crippen LogP contribution in [-0.2, 0) is 14.3 Å². The molecule has 1 fully saturated rings. The predicted molar refractivity (Wildman–Crippen MR) is 79.1 cm³/mol. The molecule has 1 heterocycles. The van der Waals surface area contributed by atoms with E-state index < -0.39 is 16.6 Å². The number of rotatable bonds is 4. The first kappa shape index (κ1) is 15.9. The normalized spacial score (nSPS) is 28.3. The second kappa shape index (κ2) is 6.52. The van der Waals surface area contributed by atoms with Crippen molar-refractivity contribution < 1.29 is 14.3 Å². The molecule has 0 spiro atoms. The molecule has 1 saturated heterocycles. The quantitative estimate of drug-likeness (QED) is 0.614. The highest BCUT2D eigenvalue weighted by molar-refractivity contribution is 6.49. The average Bonchev–Trinajstić information content (AvgIpc) is 2.64. The van der Waals surface area contributed by atoms with E-state index in [2.05, 4.69) is 0 Å². The number of alkyl halides is 3. The highest BCUT2D eigenvalue weighted by Gasteiger charge is 2.56. The van der Waals surface area contributed by atoms with E-state index in [1.165, 1.54) is 6.92 Å². The topological polar surface area (TPSA) is 35.5 Å². The number of carbonyl (C=O) groups excluding carboxylic acids is 1. The zero-order chi connectivity index (χ0) is 14.8. The second-order valence-corrected chi connectivity index (χ2v) is 6.49. The molecule has 2 rings (SSSR count). The highest BCUT2D eigenvalue weighted by Crippen LogP contribution is 2.53. The molecular weight excluding hydrogens is 323 g/mol. The van der Waals surface area contributed by atoms with Crippen LogP contribution in [0.5, 0.6) is 0 Å². The van der Waals surface area contributed by atoms with Crippen LogP contribution in [0.1, 0.15) is 25.0 Å². The van der Waals surface area contributed by atoms with E-state index >= 15 is 0 Å². The van der Waals surface area contributed by atoms with Crippen molar-refractivity contribution in [3.05, 3.63) is 35.9 Å². The molecular formula is C14H15Cl3O3. The van der Waals surface area contributed by atoms with Gasteiger partial charge in [0, 0.05) is 18.7 Å². The molecule has 3 unspecified atom stereocenters.